The van der Waals surface area contributed by atoms with Gasteiger partial charge >= 0.3 is 0 Å². The van der Waals surface area contributed by atoms with Crippen LogP contribution in [0.15, 0.2) is 205 Å². The third kappa shape index (κ3) is 4.29. The summed E-state index contributed by atoms with van der Waals surface area (Å²) in [7, 11) is 0. The minimum absolute atomic E-state index is 0.885. The summed E-state index contributed by atoms with van der Waals surface area (Å²) in [5.41, 5.74) is 14.5. The van der Waals surface area contributed by atoms with Gasteiger partial charge < -0.3 is 18.1 Å². The second-order valence-electron chi connectivity index (χ2n) is 15.3. The number of hydrogen-bond acceptors (Lipinski definition) is 1. The highest BCUT2D eigenvalue weighted by Crippen LogP contribution is 2.44. The number of para-hydroxylation sites is 6. The monoisotopic (exact) mass is 739 g/mol. The summed E-state index contributed by atoms with van der Waals surface area (Å²) in [6.45, 7) is 0. The van der Waals surface area contributed by atoms with Crippen LogP contribution < -0.4 is 0 Å². The van der Waals surface area contributed by atoms with Crippen LogP contribution in [0.2, 0.25) is 0 Å². The Kier molecular flexibility index (Phi) is 6.41. The zero-order chi connectivity index (χ0) is 37.9. The average molecular weight is 740 g/mol. The fourth-order valence-corrected chi connectivity index (χ4v) is 9.87. The molecular formula is C54H33N3O. The van der Waals surface area contributed by atoms with Crippen LogP contribution in [0.3, 0.4) is 0 Å². The van der Waals surface area contributed by atoms with E-state index in [4.69, 9.17) is 4.42 Å². The van der Waals surface area contributed by atoms with Crippen molar-refractivity contribution in [3.8, 4) is 28.2 Å². The van der Waals surface area contributed by atoms with Gasteiger partial charge in [0.25, 0.3) is 0 Å². The first-order valence-electron chi connectivity index (χ1n) is 19.9. The first-order chi connectivity index (χ1) is 28.8. The molecule has 0 atom stereocenters. The largest absolute Gasteiger partial charge is 0.456 e. The zero-order valence-electron chi connectivity index (χ0n) is 31.3. The van der Waals surface area contributed by atoms with Crippen molar-refractivity contribution in [2.75, 3.05) is 0 Å². The number of aromatic nitrogens is 3. The van der Waals surface area contributed by atoms with Gasteiger partial charge in [-0.25, -0.2) is 0 Å². The molecule has 0 saturated heterocycles. The second-order valence-corrected chi connectivity index (χ2v) is 15.3. The Morgan fingerprint density at radius 1 is 0.293 bits per heavy atom. The molecule has 0 saturated carbocycles. The summed E-state index contributed by atoms with van der Waals surface area (Å²) < 4.78 is 13.7. The Morgan fingerprint density at radius 3 is 1.29 bits per heavy atom. The van der Waals surface area contributed by atoms with Gasteiger partial charge in [-0.3, -0.25) is 0 Å². The van der Waals surface area contributed by atoms with Gasteiger partial charge in [-0.15, -0.1) is 0 Å². The van der Waals surface area contributed by atoms with Gasteiger partial charge in [-0.2, -0.15) is 0 Å². The molecule has 4 heterocycles. The van der Waals surface area contributed by atoms with Crippen molar-refractivity contribution in [1.29, 1.82) is 0 Å². The van der Waals surface area contributed by atoms with Crippen molar-refractivity contribution >= 4 is 87.4 Å². The second kappa shape index (κ2) is 11.8. The molecule has 4 aromatic heterocycles. The number of furan rings is 1. The minimum Gasteiger partial charge on any atom is -0.456 e. The molecule has 0 fully saturated rings. The highest BCUT2D eigenvalue weighted by molar-refractivity contribution is 6.19. The third-order valence-corrected chi connectivity index (χ3v) is 12.2. The van der Waals surface area contributed by atoms with E-state index < -0.39 is 0 Å². The molecule has 0 N–H and O–H groups in total. The van der Waals surface area contributed by atoms with Crippen molar-refractivity contribution in [3.63, 3.8) is 0 Å². The van der Waals surface area contributed by atoms with Crippen LogP contribution in [0.1, 0.15) is 0 Å². The van der Waals surface area contributed by atoms with E-state index in [1.807, 2.05) is 6.07 Å². The van der Waals surface area contributed by atoms with Gasteiger partial charge in [0.15, 0.2) is 0 Å². The van der Waals surface area contributed by atoms with Crippen molar-refractivity contribution in [3.05, 3.63) is 200 Å². The lowest BCUT2D eigenvalue weighted by Gasteiger charge is -2.16. The first-order valence-corrected chi connectivity index (χ1v) is 19.9. The summed E-state index contributed by atoms with van der Waals surface area (Å²) in [4.78, 5) is 0. The van der Waals surface area contributed by atoms with Crippen LogP contribution in [0.5, 0.6) is 0 Å². The molecule has 0 aliphatic carbocycles. The molecule has 0 aliphatic heterocycles. The van der Waals surface area contributed by atoms with E-state index in [1.54, 1.807) is 0 Å². The number of fused-ring (bicyclic) bond motifs is 12. The van der Waals surface area contributed by atoms with E-state index in [1.165, 1.54) is 59.9 Å². The minimum atomic E-state index is 0.885. The molecular weight excluding hydrogens is 707 g/mol. The molecule has 58 heavy (non-hydrogen) atoms. The van der Waals surface area contributed by atoms with Crippen molar-refractivity contribution < 1.29 is 4.42 Å². The Hall–Kier alpha value is -7.82. The smallest absolute Gasteiger partial charge is 0.137 e. The van der Waals surface area contributed by atoms with Gasteiger partial charge in [-0.1, -0.05) is 127 Å². The lowest BCUT2D eigenvalue weighted by molar-refractivity contribution is 0.669. The van der Waals surface area contributed by atoms with E-state index in [0.717, 1.165) is 55.6 Å². The summed E-state index contributed by atoms with van der Waals surface area (Å²) in [5.74, 6) is 0. The lowest BCUT2D eigenvalue weighted by atomic mass is 9.98. The Labute approximate surface area is 332 Å². The number of benzene rings is 9. The van der Waals surface area contributed by atoms with Crippen LogP contribution in [0.4, 0.5) is 0 Å². The van der Waals surface area contributed by atoms with Crippen LogP contribution in [0, 0.1) is 0 Å². The van der Waals surface area contributed by atoms with Gasteiger partial charge in [-0.05, 0) is 83.9 Å². The quantitative estimate of drug-likeness (QED) is 0.177. The molecule has 270 valence electrons. The molecule has 4 heteroatoms. The number of hydrogen-bond donors (Lipinski definition) is 0. The molecule has 0 radical (unpaired) electrons. The fourth-order valence-electron chi connectivity index (χ4n) is 9.87. The summed E-state index contributed by atoms with van der Waals surface area (Å²) >= 11 is 0. The van der Waals surface area contributed by atoms with Gasteiger partial charge in [0.05, 0.1) is 44.2 Å². The van der Waals surface area contributed by atoms with Crippen molar-refractivity contribution in [2.45, 2.75) is 0 Å². The summed E-state index contributed by atoms with van der Waals surface area (Å²) in [5, 5.41) is 9.63. The van der Waals surface area contributed by atoms with E-state index in [2.05, 4.69) is 208 Å². The maximum absolute atomic E-state index is 6.41. The third-order valence-electron chi connectivity index (χ3n) is 12.2. The molecule has 0 aliphatic rings. The van der Waals surface area contributed by atoms with Crippen LogP contribution in [-0.2, 0) is 0 Å². The highest BCUT2D eigenvalue weighted by atomic mass is 16.3. The molecule has 0 amide bonds. The predicted octanol–water partition coefficient (Wildman–Crippen LogP) is 14.5. The molecule has 0 bridgehead atoms. The normalized spacial score (nSPS) is 12.1. The lowest BCUT2D eigenvalue weighted by Crippen LogP contribution is -2.00. The van der Waals surface area contributed by atoms with Crippen LogP contribution >= 0.6 is 0 Å². The molecule has 9 aromatic carbocycles. The Bertz CT molecular complexity index is 3580. The topological polar surface area (TPSA) is 27.9 Å². The molecule has 13 rings (SSSR count). The first kappa shape index (κ1) is 31.4. The Balaban J connectivity index is 1.16. The zero-order valence-corrected chi connectivity index (χ0v) is 31.3. The standard InChI is InChI=1S/C54H33N3O/c1-7-22-44-38(15-1)39-16-2-8-23-45(39)55(44)35-31-34(32-36(33-35)56-46-24-9-3-17-40(46)41-18-4-10-25-47(41)56)37-21-13-27-49-53(37)42-19-5-11-26-48(42)57(49)50-28-14-30-52-54(50)43-20-6-12-29-51(43)58-52/h1-33H. The SMILES string of the molecule is c1ccc2c(c1)oc1cccc(-n3c4ccccc4c4c(-c5cc(-n6c7ccccc7c7ccccc76)cc(-n6c7ccccc7c7ccccc76)c5)cccc43)c12. The number of rotatable bonds is 4. The van der Waals surface area contributed by atoms with Crippen LogP contribution in [-0.4, -0.2) is 13.7 Å². The van der Waals surface area contributed by atoms with Crippen molar-refractivity contribution in [1.82, 2.24) is 13.7 Å². The summed E-state index contributed by atoms with van der Waals surface area (Å²) in [6.07, 6.45) is 0. The van der Waals surface area contributed by atoms with E-state index in [-0.39, 0.29) is 0 Å². The van der Waals surface area contributed by atoms with Gasteiger partial charge in [0, 0.05) is 49.1 Å². The molecule has 0 unspecified atom stereocenters. The number of nitrogens with zero attached hydrogens (tertiary/aromatic N) is 3. The van der Waals surface area contributed by atoms with E-state index >= 15 is 0 Å². The molecule has 13 aromatic rings. The van der Waals surface area contributed by atoms with E-state index in [9.17, 15) is 0 Å². The maximum Gasteiger partial charge on any atom is 0.137 e. The maximum atomic E-state index is 6.41. The molecule has 4 nitrogen and oxygen atoms in total. The van der Waals surface area contributed by atoms with Gasteiger partial charge in [0.1, 0.15) is 11.2 Å². The summed E-state index contributed by atoms with van der Waals surface area (Å²) in [6, 6.07) is 72.6. The Morgan fingerprint density at radius 2 is 0.724 bits per heavy atom. The van der Waals surface area contributed by atoms with E-state index in [0.29, 0.717) is 0 Å². The van der Waals surface area contributed by atoms with Gasteiger partial charge in [0.2, 0.25) is 0 Å². The predicted molar refractivity (Wildman–Crippen MR) is 242 cm³/mol. The van der Waals surface area contributed by atoms with Crippen LogP contribution in [0.25, 0.3) is 116 Å². The fraction of sp³-hybridized carbons (Fsp3) is 0. The average Bonchev–Trinajstić information content (AvgIpc) is 4.03. The molecule has 0 spiro atoms. The highest BCUT2D eigenvalue weighted by Gasteiger charge is 2.22. The van der Waals surface area contributed by atoms with Crippen molar-refractivity contribution in [2.24, 2.45) is 0 Å².